The predicted molar refractivity (Wildman–Crippen MR) is 87.8 cm³/mol. The molecule has 0 spiro atoms. The summed E-state index contributed by atoms with van der Waals surface area (Å²) in [5.74, 6) is 0.219. The highest BCUT2D eigenvalue weighted by Crippen LogP contribution is 2.24. The standard InChI is InChI=1S/C16H24N2O3S/c1-12(2)17-16(19)13-8-10-18(11-9-13)14-4-6-15(7-5-14)22(3,20)21/h4-7,12-13H,8-11H2,1-3H3,(H,17,19). The Bertz CT molecular complexity index is 615. The fourth-order valence-electron chi connectivity index (χ4n) is 2.71. The molecule has 1 aliphatic heterocycles. The van der Waals surface area contributed by atoms with E-state index < -0.39 is 9.84 Å². The molecule has 22 heavy (non-hydrogen) atoms. The van der Waals surface area contributed by atoms with Gasteiger partial charge in [-0.25, -0.2) is 8.42 Å². The van der Waals surface area contributed by atoms with Crippen LogP contribution in [-0.2, 0) is 14.6 Å². The number of benzene rings is 1. The van der Waals surface area contributed by atoms with E-state index in [4.69, 9.17) is 0 Å². The minimum atomic E-state index is -3.15. The van der Waals surface area contributed by atoms with Gasteiger partial charge >= 0.3 is 0 Å². The molecule has 0 bridgehead atoms. The van der Waals surface area contributed by atoms with E-state index in [0.717, 1.165) is 31.6 Å². The van der Waals surface area contributed by atoms with Crippen LogP contribution in [0.2, 0.25) is 0 Å². The van der Waals surface area contributed by atoms with Crippen LogP contribution in [0.15, 0.2) is 29.2 Å². The van der Waals surface area contributed by atoms with Crippen molar-refractivity contribution in [2.75, 3.05) is 24.2 Å². The van der Waals surface area contributed by atoms with Crippen molar-refractivity contribution in [2.24, 2.45) is 5.92 Å². The zero-order valence-corrected chi connectivity index (χ0v) is 14.2. The highest BCUT2D eigenvalue weighted by molar-refractivity contribution is 7.90. The molecule has 1 N–H and O–H groups in total. The van der Waals surface area contributed by atoms with Crippen LogP contribution < -0.4 is 10.2 Å². The summed E-state index contributed by atoms with van der Waals surface area (Å²) < 4.78 is 22.9. The van der Waals surface area contributed by atoms with Gasteiger partial charge in [-0.15, -0.1) is 0 Å². The molecule has 1 amide bonds. The summed E-state index contributed by atoms with van der Waals surface area (Å²) in [6.07, 6.45) is 2.86. The van der Waals surface area contributed by atoms with Crippen molar-refractivity contribution in [3.05, 3.63) is 24.3 Å². The van der Waals surface area contributed by atoms with E-state index in [0.29, 0.717) is 4.90 Å². The van der Waals surface area contributed by atoms with E-state index in [1.54, 1.807) is 12.1 Å². The molecule has 0 saturated carbocycles. The monoisotopic (exact) mass is 324 g/mol. The van der Waals surface area contributed by atoms with Gasteiger partial charge in [-0.05, 0) is 51.0 Å². The third-order valence-electron chi connectivity index (χ3n) is 3.93. The van der Waals surface area contributed by atoms with Gasteiger partial charge < -0.3 is 10.2 Å². The van der Waals surface area contributed by atoms with Crippen molar-refractivity contribution in [1.29, 1.82) is 0 Å². The zero-order valence-electron chi connectivity index (χ0n) is 13.4. The lowest BCUT2D eigenvalue weighted by molar-refractivity contribution is -0.126. The average Bonchev–Trinajstić information content (AvgIpc) is 2.46. The van der Waals surface area contributed by atoms with Crippen molar-refractivity contribution in [3.63, 3.8) is 0 Å². The van der Waals surface area contributed by atoms with Crippen molar-refractivity contribution in [1.82, 2.24) is 5.32 Å². The van der Waals surface area contributed by atoms with Crippen LogP contribution in [0.5, 0.6) is 0 Å². The van der Waals surface area contributed by atoms with E-state index >= 15 is 0 Å². The third-order valence-corrected chi connectivity index (χ3v) is 5.06. The number of carbonyl (C=O) groups excluding carboxylic acids is 1. The van der Waals surface area contributed by atoms with E-state index in [1.165, 1.54) is 6.26 Å². The Kier molecular flexibility index (Phi) is 5.11. The predicted octanol–water partition coefficient (Wildman–Crippen LogP) is 1.83. The number of carbonyl (C=O) groups is 1. The van der Waals surface area contributed by atoms with Crippen LogP contribution in [0.1, 0.15) is 26.7 Å². The summed E-state index contributed by atoms with van der Waals surface area (Å²) in [7, 11) is -3.15. The highest BCUT2D eigenvalue weighted by Gasteiger charge is 2.25. The van der Waals surface area contributed by atoms with E-state index in [9.17, 15) is 13.2 Å². The van der Waals surface area contributed by atoms with Gasteiger partial charge in [0.1, 0.15) is 0 Å². The van der Waals surface area contributed by atoms with Gasteiger partial charge in [0, 0.05) is 37.0 Å². The molecule has 122 valence electrons. The molecule has 6 heteroatoms. The first-order valence-electron chi connectivity index (χ1n) is 7.63. The summed E-state index contributed by atoms with van der Waals surface area (Å²) in [5.41, 5.74) is 1.01. The Hall–Kier alpha value is -1.56. The molecular weight excluding hydrogens is 300 g/mol. The van der Waals surface area contributed by atoms with E-state index in [2.05, 4.69) is 10.2 Å². The molecule has 0 atom stereocenters. The Morgan fingerprint density at radius 3 is 2.18 bits per heavy atom. The summed E-state index contributed by atoms with van der Waals surface area (Å²) in [5, 5.41) is 2.97. The SMILES string of the molecule is CC(C)NC(=O)C1CCN(c2ccc(S(C)(=O)=O)cc2)CC1. The lowest BCUT2D eigenvalue weighted by atomic mass is 9.95. The van der Waals surface area contributed by atoms with Crippen LogP contribution in [-0.4, -0.2) is 39.7 Å². The Morgan fingerprint density at radius 2 is 1.73 bits per heavy atom. The average molecular weight is 324 g/mol. The molecule has 0 unspecified atom stereocenters. The first-order chi connectivity index (χ1) is 10.3. The van der Waals surface area contributed by atoms with Gasteiger partial charge in [-0.1, -0.05) is 0 Å². The molecule has 1 aromatic rings. The van der Waals surface area contributed by atoms with Gasteiger partial charge in [0.05, 0.1) is 4.90 Å². The second-order valence-electron chi connectivity index (χ2n) is 6.19. The maximum atomic E-state index is 12.0. The normalized spacial score (nSPS) is 16.8. The minimum Gasteiger partial charge on any atom is -0.371 e. The zero-order chi connectivity index (χ0) is 16.3. The lowest BCUT2D eigenvalue weighted by Crippen LogP contribution is -2.42. The van der Waals surface area contributed by atoms with Gasteiger partial charge in [0.2, 0.25) is 5.91 Å². The summed E-state index contributed by atoms with van der Waals surface area (Å²) >= 11 is 0. The Labute approximate surface area is 132 Å². The number of nitrogens with zero attached hydrogens (tertiary/aromatic N) is 1. The number of rotatable bonds is 4. The van der Waals surface area contributed by atoms with E-state index in [1.807, 2.05) is 26.0 Å². The van der Waals surface area contributed by atoms with E-state index in [-0.39, 0.29) is 17.9 Å². The fraction of sp³-hybridized carbons (Fsp3) is 0.562. The smallest absolute Gasteiger partial charge is 0.223 e. The molecule has 0 aliphatic carbocycles. The van der Waals surface area contributed by atoms with Crippen molar-refractivity contribution in [2.45, 2.75) is 37.6 Å². The van der Waals surface area contributed by atoms with Gasteiger partial charge in [0.25, 0.3) is 0 Å². The van der Waals surface area contributed by atoms with Crippen LogP contribution in [0, 0.1) is 5.92 Å². The molecule has 1 aromatic carbocycles. The number of hydrogen-bond donors (Lipinski definition) is 1. The number of anilines is 1. The van der Waals surface area contributed by atoms with Crippen molar-refractivity contribution in [3.8, 4) is 0 Å². The van der Waals surface area contributed by atoms with Crippen LogP contribution in [0.3, 0.4) is 0 Å². The van der Waals surface area contributed by atoms with Crippen LogP contribution in [0.25, 0.3) is 0 Å². The lowest BCUT2D eigenvalue weighted by Gasteiger charge is -2.33. The number of piperidine rings is 1. The van der Waals surface area contributed by atoms with Crippen LogP contribution in [0.4, 0.5) is 5.69 Å². The molecule has 5 nitrogen and oxygen atoms in total. The van der Waals surface area contributed by atoms with Crippen LogP contribution >= 0.6 is 0 Å². The number of hydrogen-bond acceptors (Lipinski definition) is 4. The number of sulfone groups is 1. The van der Waals surface area contributed by atoms with Gasteiger partial charge in [-0.2, -0.15) is 0 Å². The largest absolute Gasteiger partial charge is 0.371 e. The third kappa shape index (κ3) is 4.22. The highest BCUT2D eigenvalue weighted by atomic mass is 32.2. The molecule has 2 rings (SSSR count). The summed E-state index contributed by atoms with van der Waals surface area (Å²) in [6, 6.07) is 7.13. The minimum absolute atomic E-state index is 0.0777. The molecule has 0 aromatic heterocycles. The Balaban J connectivity index is 1.96. The molecule has 1 saturated heterocycles. The fourth-order valence-corrected chi connectivity index (χ4v) is 3.34. The molecule has 1 heterocycles. The Morgan fingerprint density at radius 1 is 1.18 bits per heavy atom. The first-order valence-corrected chi connectivity index (χ1v) is 9.52. The second-order valence-corrected chi connectivity index (χ2v) is 8.21. The number of nitrogens with one attached hydrogen (secondary N) is 1. The van der Waals surface area contributed by atoms with Crippen molar-refractivity contribution >= 4 is 21.4 Å². The summed E-state index contributed by atoms with van der Waals surface area (Å²) in [4.78, 5) is 14.5. The molecule has 0 radical (unpaired) electrons. The number of amides is 1. The first kappa shape index (κ1) is 16.8. The van der Waals surface area contributed by atoms with Gasteiger partial charge in [-0.3, -0.25) is 4.79 Å². The van der Waals surface area contributed by atoms with Crippen molar-refractivity contribution < 1.29 is 13.2 Å². The topological polar surface area (TPSA) is 66.5 Å². The van der Waals surface area contributed by atoms with Gasteiger partial charge in [0.15, 0.2) is 9.84 Å². The maximum absolute atomic E-state index is 12.0. The molecule has 1 aliphatic rings. The maximum Gasteiger partial charge on any atom is 0.223 e. The summed E-state index contributed by atoms with van der Waals surface area (Å²) in [6.45, 7) is 5.57. The quantitative estimate of drug-likeness (QED) is 0.917. The second kappa shape index (κ2) is 6.69. The molecule has 1 fully saturated rings. The molecular formula is C16H24N2O3S.